The van der Waals surface area contributed by atoms with Crippen LogP contribution in [0.25, 0.3) is 0 Å². The number of aromatic nitrogens is 2. The number of hydrogen-bond acceptors (Lipinski definition) is 3. The van der Waals surface area contributed by atoms with Gasteiger partial charge in [0.05, 0.1) is 11.4 Å². The summed E-state index contributed by atoms with van der Waals surface area (Å²) in [5.74, 6) is 0. The largest absolute Gasteiger partial charge is 0.279 e. The van der Waals surface area contributed by atoms with Gasteiger partial charge in [0.2, 0.25) is 0 Å². The Labute approximate surface area is 145 Å². The van der Waals surface area contributed by atoms with Gasteiger partial charge >= 0.3 is 0 Å². The topological polar surface area (TPSA) is 64.0 Å². The lowest BCUT2D eigenvalue weighted by molar-refractivity contribution is 0.493. The number of benzene rings is 1. The fraction of sp³-hybridized carbons (Fsp3) is 0.500. The van der Waals surface area contributed by atoms with Crippen LogP contribution in [0.5, 0.6) is 0 Å². The summed E-state index contributed by atoms with van der Waals surface area (Å²) in [6.45, 7) is 13.7. The smallest absolute Gasteiger partial charge is 0.265 e. The number of aryl methyl sites for hydroxylation is 2. The molecule has 0 unspecified atom stereocenters. The van der Waals surface area contributed by atoms with Crippen molar-refractivity contribution in [3.63, 3.8) is 0 Å². The molecule has 0 radical (unpaired) electrons. The third-order valence-corrected chi connectivity index (χ3v) is 5.30. The highest BCUT2D eigenvalue weighted by molar-refractivity contribution is 7.92. The summed E-state index contributed by atoms with van der Waals surface area (Å²) in [5.41, 5.74) is 2.63. The van der Waals surface area contributed by atoms with Crippen molar-refractivity contribution in [2.45, 2.75) is 64.8 Å². The minimum atomic E-state index is -3.72. The molecule has 0 aliphatic rings. The lowest BCUT2D eigenvalue weighted by Gasteiger charge is -2.19. The Morgan fingerprint density at radius 1 is 1.12 bits per heavy atom. The van der Waals surface area contributed by atoms with Crippen molar-refractivity contribution in [2.75, 3.05) is 4.72 Å². The molecular formula is C18H27N3O2S. The first-order chi connectivity index (χ1) is 10.9. The Morgan fingerprint density at radius 3 is 2.12 bits per heavy atom. The molecule has 0 amide bonds. The maximum absolute atomic E-state index is 13.0. The number of rotatable bonds is 4. The number of anilines is 1. The van der Waals surface area contributed by atoms with Gasteiger partial charge in [-0.3, -0.25) is 9.40 Å². The highest BCUT2D eigenvalue weighted by atomic mass is 32.2. The second-order valence-electron chi connectivity index (χ2n) is 7.54. The van der Waals surface area contributed by atoms with Crippen LogP contribution < -0.4 is 4.72 Å². The molecule has 0 fully saturated rings. The summed E-state index contributed by atoms with van der Waals surface area (Å²) in [4.78, 5) is 0.242. The fourth-order valence-electron chi connectivity index (χ4n) is 2.52. The van der Waals surface area contributed by atoms with Crippen molar-refractivity contribution in [1.82, 2.24) is 9.78 Å². The number of nitrogens with one attached hydrogen (secondary N) is 1. The highest BCUT2D eigenvalue weighted by Crippen LogP contribution is 2.31. The zero-order valence-electron chi connectivity index (χ0n) is 15.5. The quantitative estimate of drug-likeness (QED) is 0.900. The Morgan fingerprint density at radius 2 is 1.67 bits per heavy atom. The van der Waals surface area contributed by atoms with Crippen molar-refractivity contribution in [3.8, 4) is 0 Å². The molecule has 0 aliphatic carbocycles. The van der Waals surface area contributed by atoms with Crippen LogP contribution >= 0.6 is 0 Å². The van der Waals surface area contributed by atoms with Gasteiger partial charge in [0.1, 0.15) is 4.90 Å². The van der Waals surface area contributed by atoms with E-state index in [1.807, 2.05) is 66.7 Å². The minimum absolute atomic E-state index is 0.0928. The van der Waals surface area contributed by atoms with E-state index in [1.165, 1.54) is 0 Å². The van der Waals surface area contributed by atoms with Crippen LogP contribution in [-0.2, 0) is 15.4 Å². The normalized spacial score (nSPS) is 12.7. The van der Waals surface area contributed by atoms with Crippen LogP contribution in [-0.4, -0.2) is 18.2 Å². The first-order valence-electron chi connectivity index (χ1n) is 8.12. The third kappa shape index (κ3) is 3.64. The number of para-hydroxylation sites is 1. The van der Waals surface area contributed by atoms with Crippen LogP contribution in [0.1, 0.15) is 57.5 Å². The summed E-state index contributed by atoms with van der Waals surface area (Å²) in [6, 6.07) is 5.80. The van der Waals surface area contributed by atoms with E-state index >= 15 is 0 Å². The molecule has 1 N–H and O–H groups in total. The van der Waals surface area contributed by atoms with Crippen LogP contribution in [0.3, 0.4) is 0 Å². The monoisotopic (exact) mass is 349 g/mol. The SMILES string of the molecule is Cc1cccc(C)c1NS(=O)(=O)c1cn(C(C)C)nc1C(C)(C)C. The van der Waals surface area contributed by atoms with E-state index < -0.39 is 10.0 Å². The minimum Gasteiger partial charge on any atom is -0.279 e. The van der Waals surface area contributed by atoms with Crippen molar-refractivity contribution >= 4 is 15.7 Å². The molecule has 0 spiro atoms. The van der Waals surface area contributed by atoms with Crippen molar-refractivity contribution in [1.29, 1.82) is 0 Å². The molecule has 0 saturated heterocycles. The van der Waals surface area contributed by atoms with Gasteiger partial charge in [-0.05, 0) is 38.8 Å². The third-order valence-electron chi connectivity index (χ3n) is 3.94. The molecule has 24 heavy (non-hydrogen) atoms. The number of hydrogen-bond donors (Lipinski definition) is 1. The zero-order valence-corrected chi connectivity index (χ0v) is 16.3. The van der Waals surface area contributed by atoms with E-state index in [-0.39, 0.29) is 16.4 Å². The summed E-state index contributed by atoms with van der Waals surface area (Å²) >= 11 is 0. The molecule has 1 aromatic carbocycles. The molecule has 5 nitrogen and oxygen atoms in total. The first-order valence-corrected chi connectivity index (χ1v) is 9.60. The van der Waals surface area contributed by atoms with E-state index in [0.717, 1.165) is 11.1 Å². The second kappa shape index (κ2) is 6.24. The van der Waals surface area contributed by atoms with Gasteiger partial charge < -0.3 is 0 Å². The lowest BCUT2D eigenvalue weighted by Crippen LogP contribution is -2.21. The van der Waals surface area contributed by atoms with Crippen molar-refractivity contribution in [3.05, 3.63) is 41.2 Å². The molecule has 132 valence electrons. The van der Waals surface area contributed by atoms with Gasteiger partial charge in [-0.15, -0.1) is 0 Å². The van der Waals surface area contributed by atoms with Gasteiger partial charge in [-0.2, -0.15) is 5.10 Å². The van der Waals surface area contributed by atoms with Gasteiger partial charge in [0.15, 0.2) is 0 Å². The Kier molecular flexibility index (Phi) is 4.81. The van der Waals surface area contributed by atoms with E-state index in [4.69, 9.17) is 0 Å². The highest BCUT2D eigenvalue weighted by Gasteiger charge is 2.30. The molecule has 0 saturated carbocycles. The van der Waals surface area contributed by atoms with Crippen LogP contribution in [0, 0.1) is 13.8 Å². The van der Waals surface area contributed by atoms with E-state index in [9.17, 15) is 8.42 Å². The maximum Gasteiger partial charge on any atom is 0.265 e. The molecule has 2 aromatic rings. The van der Waals surface area contributed by atoms with Gasteiger partial charge in [-0.25, -0.2) is 8.42 Å². The molecule has 0 bridgehead atoms. The summed E-state index contributed by atoms with van der Waals surface area (Å²) in [6.07, 6.45) is 1.63. The van der Waals surface area contributed by atoms with Gasteiger partial charge in [0, 0.05) is 17.7 Å². The molecule has 6 heteroatoms. The van der Waals surface area contributed by atoms with Gasteiger partial charge in [0.25, 0.3) is 10.0 Å². The number of sulfonamides is 1. The predicted molar refractivity (Wildman–Crippen MR) is 98.0 cm³/mol. The van der Waals surface area contributed by atoms with E-state index in [1.54, 1.807) is 10.9 Å². The molecule has 0 aliphatic heterocycles. The summed E-state index contributed by atoms with van der Waals surface area (Å²) in [7, 11) is -3.72. The Balaban J connectivity index is 2.57. The molecule has 1 aromatic heterocycles. The second-order valence-corrected chi connectivity index (χ2v) is 9.19. The van der Waals surface area contributed by atoms with Crippen molar-refractivity contribution < 1.29 is 8.42 Å². The van der Waals surface area contributed by atoms with E-state index in [2.05, 4.69) is 9.82 Å². The van der Waals surface area contributed by atoms with E-state index in [0.29, 0.717) is 11.4 Å². The first kappa shape index (κ1) is 18.5. The lowest BCUT2D eigenvalue weighted by atomic mass is 9.92. The predicted octanol–water partition coefficient (Wildman–Crippen LogP) is 4.18. The van der Waals surface area contributed by atoms with Gasteiger partial charge in [-0.1, -0.05) is 39.0 Å². The summed E-state index contributed by atoms with van der Waals surface area (Å²) in [5, 5.41) is 4.53. The number of nitrogens with zero attached hydrogens (tertiary/aromatic N) is 2. The Bertz CT molecular complexity index is 823. The fourth-order valence-corrected chi connectivity index (χ4v) is 4.07. The van der Waals surface area contributed by atoms with Crippen LogP contribution in [0.15, 0.2) is 29.3 Å². The Hall–Kier alpha value is -1.82. The van der Waals surface area contributed by atoms with Crippen LogP contribution in [0.2, 0.25) is 0 Å². The average Bonchev–Trinajstić information content (AvgIpc) is 2.89. The average molecular weight is 350 g/mol. The summed E-state index contributed by atoms with van der Waals surface area (Å²) < 4.78 is 30.6. The standard InChI is InChI=1S/C18H27N3O2S/c1-12(2)21-11-15(17(19-21)18(5,6)7)24(22,23)20-16-13(3)9-8-10-14(16)4/h8-12,20H,1-7H3. The van der Waals surface area contributed by atoms with Crippen molar-refractivity contribution in [2.24, 2.45) is 0 Å². The molecule has 0 atom stereocenters. The van der Waals surface area contributed by atoms with Crippen LogP contribution in [0.4, 0.5) is 5.69 Å². The molecule has 1 heterocycles. The molecular weight excluding hydrogens is 322 g/mol. The maximum atomic E-state index is 13.0. The molecule has 2 rings (SSSR count). The zero-order chi connectivity index (χ0) is 18.3.